The fourth-order valence-electron chi connectivity index (χ4n) is 0.483. The molecule has 4 heteroatoms. The second-order valence-electron chi connectivity index (χ2n) is 1.43. The van der Waals surface area contributed by atoms with Crippen LogP contribution in [0.4, 0.5) is 4.39 Å². The zero-order valence-electron chi connectivity index (χ0n) is 6.89. The van der Waals surface area contributed by atoms with Crippen LogP contribution in [0.5, 0.6) is 5.75 Å². The first-order valence-corrected chi connectivity index (χ1v) is 2.40. The maximum atomic E-state index is 12.4. The van der Waals surface area contributed by atoms with Crippen LogP contribution in [0.25, 0.3) is 0 Å². The van der Waals surface area contributed by atoms with Gasteiger partial charge in [0.2, 0.25) is 0 Å². The topological polar surface area (TPSA) is 22.1 Å². The van der Waals surface area contributed by atoms with Gasteiger partial charge in [-0.25, -0.2) is 0 Å². The standard InChI is InChI=1S/C6H5FNO.CH3.K/c1-9-6-2-3-8-4-5(6)7;;/h3-4H,1H3;1H3;/q2*-1;+1. The molecule has 0 aliphatic carbocycles. The Balaban J connectivity index is 0. The van der Waals surface area contributed by atoms with E-state index in [2.05, 4.69) is 15.8 Å². The zero-order chi connectivity index (χ0) is 6.69. The number of hydrogen-bond donors (Lipinski definition) is 0. The van der Waals surface area contributed by atoms with E-state index in [9.17, 15) is 4.39 Å². The molecule has 0 spiro atoms. The van der Waals surface area contributed by atoms with Crippen molar-refractivity contribution in [3.8, 4) is 5.75 Å². The van der Waals surface area contributed by atoms with Gasteiger partial charge in [-0.2, -0.15) is 6.07 Å². The molecule has 0 bridgehead atoms. The first kappa shape index (κ1) is 14.1. The van der Waals surface area contributed by atoms with Gasteiger partial charge in [0.05, 0.1) is 7.11 Å². The Labute approximate surface area is 109 Å². The van der Waals surface area contributed by atoms with E-state index in [-0.39, 0.29) is 64.6 Å². The van der Waals surface area contributed by atoms with Crippen LogP contribution < -0.4 is 56.1 Å². The van der Waals surface area contributed by atoms with Crippen molar-refractivity contribution in [1.29, 1.82) is 0 Å². The number of halogens is 1. The fraction of sp³-hybridized carbons (Fsp3) is 0.143. The van der Waals surface area contributed by atoms with Crippen LogP contribution in [-0.2, 0) is 0 Å². The van der Waals surface area contributed by atoms with Crippen molar-refractivity contribution >= 4 is 0 Å². The Hall–Kier alpha value is 0.516. The van der Waals surface area contributed by atoms with Gasteiger partial charge >= 0.3 is 51.4 Å². The average molecular weight is 180 g/mol. The molecule has 0 aliphatic rings. The molecule has 11 heavy (non-hydrogen) atoms. The molecule has 0 aliphatic heterocycles. The second-order valence-corrected chi connectivity index (χ2v) is 1.43. The third-order valence-electron chi connectivity index (χ3n) is 0.879. The molecule has 0 radical (unpaired) electrons. The number of hydrogen-bond acceptors (Lipinski definition) is 2. The minimum Gasteiger partial charge on any atom is -0.532 e. The van der Waals surface area contributed by atoms with Gasteiger partial charge in [-0.3, -0.25) is 0 Å². The first-order chi connectivity index (χ1) is 4.34. The molecule has 1 aromatic rings. The van der Waals surface area contributed by atoms with Crippen molar-refractivity contribution in [3.63, 3.8) is 0 Å². The number of nitrogens with zero attached hydrogens (tertiary/aromatic N) is 1. The Morgan fingerprint density at radius 2 is 2.27 bits per heavy atom. The molecule has 1 aromatic heterocycles. The summed E-state index contributed by atoms with van der Waals surface area (Å²) in [6, 6.07) is 2.48. The Morgan fingerprint density at radius 1 is 1.64 bits per heavy atom. The van der Waals surface area contributed by atoms with Crippen LogP contribution in [0.2, 0.25) is 0 Å². The van der Waals surface area contributed by atoms with E-state index in [0.29, 0.717) is 0 Å². The maximum absolute atomic E-state index is 12.4. The van der Waals surface area contributed by atoms with Crippen LogP contribution in [0.3, 0.4) is 0 Å². The summed E-state index contributed by atoms with van der Waals surface area (Å²) in [5, 5.41) is 0. The van der Waals surface area contributed by atoms with Crippen LogP contribution in [-0.4, -0.2) is 12.1 Å². The summed E-state index contributed by atoms with van der Waals surface area (Å²) in [6.45, 7) is 0. The predicted molar refractivity (Wildman–Crippen MR) is 36.0 cm³/mol. The summed E-state index contributed by atoms with van der Waals surface area (Å²) in [4.78, 5) is 3.48. The molecule has 56 valence electrons. The largest absolute Gasteiger partial charge is 1.00 e. The van der Waals surface area contributed by atoms with Gasteiger partial charge in [0, 0.05) is 5.82 Å². The van der Waals surface area contributed by atoms with E-state index in [1.165, 1.54) is 13.3 Å². The van der Waals surface area contributed by atoms with Crippen LogP contribution >= 0.6 is 0 Å². The van der Waals surface area contributed by atoms with E-state index in [0.717, 1.165) is 6.20 Å². The maximum Gasteiger partial charge on any atom is 1.00 e. The summed E-state index contributed by atoms with van der Waals surface area (Å²) in [7, 11) is 1.38. The number of aromatic nitrogens is 1. The summed E-state index contributed by atoms with van der Waals surface area (Å²) in [5.74, 6) is -0.384. The Bertz CT molecular complexity index is 207. The summed E-state index contributed by atoms with van der Waals surface area (Å²) in [6.07, 6.45) is 2.43. The average Bonchev–Trinajstić information content (AvgIpc) is 1.89. The first-order valence-electron chi connectivity index (χ1n) is 2.40. The Kier molecular flexibility index (Phi) is 9.18. The molecule has 1 heterocycles. The minimum atomic E-state index is -0.486. The van der Waals surface area contributed by atoms with E-state index in [1.54, 1.807) is 0 Å². The van der Waals surface area contributed by atoms with Crippen molar-refractivity contribution in [2.45, 2.75) is 0 Å². The molecule has 0 atom stereocenters. The fourth-order valence-corrected chi connectivity index (χ4v) is 0.483. The minimum absolute atomic E-state index is 0. The third kappa shape index (κ3) is 4.17. The van der Waals surface area contributed by atoms with Crippen molar-refractivity contribution < 1.29 is 60.5 Å². The summed E-state index contributed by atoms with van der Waals surface area (Å²) < 4.78 is 16.9. The van der Waals surface area contributed by atoms with Gasteiger partial charge in [0.1, 0.15) is 0 Å². The molecule has 0 aromatic carbocycles. The van der Waals surface area contributed by atoms with Gasteiger partial charge < -0.3 is 21.5 Å². The number of rotatable bonds is 1. The summed E-state index contributed by atoms with van der Waals surface area (Å²) >= 11 is 0. The quantitative estimate of drug-likeness (QED) is 0.387. The number of methoxy groups -OCH3 is 1. The SMILES string of the molecule is COc1[c-]cncc1F.[CH3-].[K+]. The van der Waals surface area contributed by atoms with Crippen molar-refractivity contribution in [3.05, 3.63) is 31.7 Å². The van der Waals surface area contributed by atoms with Crippen LogP contribution in [0, 0.1) is 19.3 Å². The van der Waals surface area contributed by atoms with E-state index >= 15 is 0 Å². The van der Waals surface area contributed by atoms with Gasteiger partial charge in [-0.1, -0.05) is 6.20 Å². The number of ether oxygens (including phenoxy) is 1. The van der Waals surface area contributed by atoms with Crippen LogP contribution in [0.15, 0.2) is 12.4 Å². The van der Waals surface area contributed by atoms with E-state index < -0.39 is 5.82 Å². The van der Waals surface area contributed by atoms with Gasteiger partial charge in [0.15, 0.2) is 0 Å². The molecular weight excluding hydrogens is 172 g/mol. The zero-order valence-corrected chi connectivity index (χ0v) is 10.0. The number of pyridine rings is 1. The molecule has 0 fully saturated rings. The van der Waals surface area contributed by atoms with Crippen molar-refractivity contribution in [2.24, 2.45) is 0 Å². The smallest absolute Gasteiger partial charge is 0.532 e. The summed E-state index contributed by atoms with van der Waals surface area (Å²) in [5.41, 5.74) is 0. The Morgan fingerprint density at radius 3 is 2.64 bits per heavy atom. The van der Waals surface area contributed by atoms with Crippen molar-refractivity contribution in [2.75, 3.05) is 7.11 Å². The third-order valence-corrected chi connectivity index (χ3v) is 0.879. The van der Waals surface area contributed by atoms with Crippen molar-refractivity contribution in [1.82, 2.24) is 4.98 Å². The van der Waals surface area contributed by atoms with Gasteiger partial charge in [0.25, 0.3) is 0 Å². The molecule has 0 saturated carbocycles. The van der Waals surface area contributed by atoms with Crippen LogP contribution in [0.1, 0.15) is 0 Å². The van der Waals surface area contributed by atoms with Gasteiger partial charge in [-0.05, 0) is 11.9 Å². The molecule has 0 N–H and O–H groups in total. The van der Waals surface area contributed by atoms with E-state index in [4.69, 9.17) is 0 Å². The second kappa shape index (κ2) is 7.18. The normalized spacial score (nSPS) is 7.45. The molecule has 0 unspecified atom stereocenters. The van der Waals surface area contributed by atoms with E-state index in [1.807, 2.05) is 0 Å². The molecule has 0 saturated heterocycles. The molecule has 0 amide bonds. The predicted octanol–water partition coefficient (Wildman–Crippen LogP) is -1.52. The van der Waals surface area contributed by atoms with Gasteiger partial charge in [-0.15, -0.1) is 0 Å². The molecular formula is C7H8FKNO-. The molecule has 1 rings (SSSR count). The monoisotopic (exact) mass is 180 g/mol. The molecule has 2 nitrogen and oxygen atoms in total.